The number of hydrogen-bond donors (Lipinski definition) is 0. The Kier molecular flexibility index (Phi) is 5.77. The molecular weight excluding hydrogens is 312 g/mol. The lowest BCUT2D eigenvalue weighted by Gasteiger charge is -2.26. The van der Waals surface area contributed by atoms with Gasteiger partial charge >= 0.3 is 5.97 Å². The van der Waals surface area contributed by atoms with E-state index in [1.54, 1.807) is 0 Å². The molecule has 3 atom stereocenters. The van der Waals surface area contributed by atoms with Crippen molar-refractivity contribution in [3.8, 4) is 0 Å². The molecule has 0 saturated heterocycles. The molecule has 4 heteroatoms. The number of hydrogen-bond acceptors (Lipinski definition) is 3. The van der Waals surface area contributed by atoms with Crippen LogP contribution in [-0.2, 0) is 16.0 Å². The van der Waals surface area contributed by atoms with Crippen LogP contribution in [0.15, 0.2) is 24.3 Å². The van der Waals surface area contributed by atoms with Crippen molar-refractivity contribution in [2.75, 3.05) is 0 Å². The number of rotatable bonds is 6. The van der Waals surface area contributed by atoms with Gasteiger partial charge in [0.1, 0.15) is 11.9 Å². The molecule has 0 N–H and O–H groups in total. The topological polar surface area (TPSA) is 44.1 Å². The lowest BCUT2D eigenvalue weighted by molar-refractivity contribution is -0.151. The molecule has 4 nitrogen and oxygen atoms in total. The van der Waals surface area contributed by atoms with E-state index in [1.165, 1.54) is 12.8 Å². The van der Waals surface area contributed by atoms with Crippen molar-refractivity contribution in [2.24, 2.45) is 5.92 Å². The molecule has 0 aliphatic heterocycles. The van der Waals surface area contributed by atoms with E-state index >= 15 is 0 Å². The number of ether oxygens (including phenoxy) is 1. The molecule has 2 unspecified atom stereocenters. The fourth-order valence-corrected chi connectivity index (χ4v) is 3.89. The van der Waals surface area contributed by atoms with Gasteiger partial charge in [-0.2, -0.15) is 0 Å². The second-order valence-electron chi connectivity index (χ2n) is 7.53. The van der Waals surface area contributed by atoms with Crippen molar-refractivity contribution in [1.82, 2.24) is 9.55 Å². The number of aryl methyl sites for hydroxylation is 1. The van der Waals surface area contributed by atoms with E-state index in [-0.39, 0.29) is 12.1 Å². The predicted octanol–water partition coefficient (Wildman–Crippen LogP) is 5.06. The van der Waals surface area contributed by atoms with Crippen LogP contribution >= 0.6 is 0 Å². The molecule has 0 amide bonds. The second-order valence-corrected chi connectivity index (χ2v) is 7.53. The first-order chi connectivity index (χ1) is 12.1. The minimum absolute atomic E-state index is 0.0816. The smallest absolute Gasteiger partial charge is 0.306 e. The molecule has 0 radical (unpaired) electrons. The van der Waals surface area contributed by atoms with Crippen LogP contribution in [0.4, 0.5) is 0 Å². The summed E-state index contributed by atoms with van der Waals surface area (Å²) in [5, 5.41) is 0. The predicted molar refractivity (Wildman–Crippen MR) is 101 cm³/mol. The Morgan fingerprint density at radius 2 is 2.16 bits per heavy atom. The minimum Gasteiger partial charge on any atom is -0.462 e. The molecule has 1 fully saturated rings. The highest BCUT2D eigenvalue weighted by atomic mass is 16.5. The molecule has 2 aromatic rings. The zero-order valence-corrected chi connectivity index (χ0v) is 15.7. The van der Waals surface area contributed by atoms with Gasteiger partial charge in [0, 0.05) is 12.5 Å². The van der Waals surface area contributed by atoms with Crippen LogP contribution in [0.2, 0.25) is 0 Å². The molecule has 0 spiro atoms. The fourth-order valence-electron chi connectivity index (χ4n) is 3.89. The van der Waals surface area contributed by atoms with Gasteiger partial charge in [-0.05, 0) is 50.7 Å². The number of carbonyl (C=O) groups excluding carboxylic acids is 1. The molecule has 1 heterocycles. The van der Waals surface area contributed by atoms with Gasteiger partial charge in [-0.1, -0.05) is 32.4 Å². The molecule has 1 aliphatic rings. The number of esters is 1. The summed E-state index contributed by atoms with van der Waals surface area (Å²) in [6.45, 7) is 6.63. The number of aromatic nitrogens is 2. The summed E-state index contributed by atoms with van der Waals surface area (Å²) in [7, 11) is 0. The Hall–Kier alpha value is -1.84. The van der Waals surface area contributed by atoms with Crippen LogP contribution in [0.1, 0.15) is 71.2 Å². The van der Waals surface area contributed by atoms with Crippen LogP contribution in [-0.4, -0.2) is 21.6 Å². The van der Waals surface area contributed by atoms with E-state index in [1.807, 2.05) is 18.2 Å². The summed E-state index contributed by atoms with van der Waals surface area (Å²) >= 11 is 0. The maximum Gasteiger partial charge on any atom is 0.306 e. The molecular formula is C21H30N2O2. The molecule has 136 valence electrons. The molecule has 25 heavy (non-hydrogen) atoms. The first kappa shape index (κ1) is 18.0. The van der Waals surface area contributed by atoms with Crippen LogP contribution in [0, 0.1) is 5.92 Å². The van der Waals surface area contributed by atoms with Crippen molar-refractivity contribution in [1.29, 1.82) is 0 Å². The summed E-state index contributed by atoms with van der Waals surface area (Å²) in [5.41, 5.74) is 2.16. The van der Waals surface area contributed by atoms with Gasteiger partial charge in [0.2, 0.25) is 0 Å². The van der Waals surface area contributed by atoms with Gasteiger partial charge in [0.25, 0.3) is 0 Å². The van der Waals surface area contributed by atoms with Crippen molar-refractivity contribution in [2.45, 2.75) is 77.9 Å². The zero-order chi connectivity index (χ0) is 17.8. The third-order valence-electron chi connectivity index (χ3n) is 5.44. The van der Waals surface area contributed by atoms with Gasteiger partial charge in [0.15, 0.2) is 0 Å². The Bertz CT molecular complexity index is 722. The monoisotopic (exact) mass is 342 g/mol. The van der Waals surface area contributed by atoms with Crippen molar-refractivity contribution < 1.29 is 9.53 Å². The number of nitrogens with zero attached hydrogens (tertiary/aromatic N) is 2. The van der Waals surface area contributed by atoms with E-state index in [0.717, 1.165) is 36.1 Å². The Morgan fingerprint density at radius 1 is 1.36 bits per heavy atom. The van der Waals surface area contributed by atoms with Crippen molar-refractivity contribution in [3.63, 3.8) is 0 Å². The normalized spacial score (nSPS) is 22.0. The van der Waals surface area contributed by atoms with Crippen LogP contribution in [0.3, 0.4) is 0 Å². The number of para-hydroxylation sites is 2. The largest absolute Gasteiger partial charge is 0.462 e. The van der Waals surface area contributed by atoms with Crippen LogP contribution in [0.5, 0.6) is 0 Å². The Labute approximate surface area is 150 Å². The SMILES string of the molecule is CCC(C)n1c(CCC(=O)OC2CCC[C@@H](C)C2)nc2ccccc21. The zero-order valence-electron chi connectivity index (χ0n) is 15.7. The maximum absolute atomic E-state index is 12.3. The van der Waals surface area contributed by atoms with E-state index in [9.17, 15) is 4.79 Å². The first-order valence-corrected chi connectivity index (χ1v) is 9.73. The van der Waals surface area contributed by atoms with Gasteiger partial charge in [-0.3, -0.25) is 4.79 Å². The molecule has 1 aliphatic carbocycles. The van der Waals surface area contributed by atoms with Crippen molar-refractivity contribution in [3.05, 3.63) is 30.1 Å². The standard InChI is InChI=1S/C21H30N2O2/c1-4-16(3)23-19-11-6-5-10-18(19)22-20(23)12-13-21(24)25-17-9-7-8-15(2)14-17/h5-6,10-11,15-17H,4,7-9,12-14H2,1-3H3/t15-,16?,17?/m1/s1. The number of carbonyl (C=O) groups is 1. The van der Waals surface area contributed by atoms with Gasteiger partial charge < -0.3 is 9.30 Å². The summed E-state index contributed by atoms with van der Waals surface area (Å²) in [6, 6.07) is 8.58. The van der Waals surface area contributed by atoms with E-state index in [2.05, 4.69) is 31.4 Å². The number of imidazole rings is 1. The highest BCUT2D eigenvalue weighted by Gasteiger charge is 2.22. The fraction of sp³-hybridized carbons (Fsp3) is 0.619. The maximum atomic E-state index is 12.3. The van der Waals surface area contributed by atoms with Crippen LogP contribution in [0.25, 0.3) is 11.0 Å². The first-order valence-electron chi connectivity index (χ1n) is 9.73. The number of fused-ring (bicyclic) bond motifs is 1. The van der Waals surface area contributed by atoms with E-state index in [4.69, 9.17) is 9.72 Å². The highest BCUT2D eigenvalue weighted by molar-refractivity contribution is 5.76. The summed E-state index contributed by atoms with van der Waals surface area (Å²) in [4.78, 5) is 17.1. The van der Waals surface area contributed by atoms with E-state index in [0.29, 0.717) is 24.8 Å². The third-order valence-corrected chi connectivity index (χ3v) is 5.44. The lowest BCUT2D eigenvalue weighted by Crippen LogP contribution is -2.24. The summed E-state index contributed by atoms with van der Waals surface area (Å²) < 4.78 is 7.99. The van der Waals surface area contributed by atoms with Gasteiger partial charge in [0.05, 0.1) is 17.5 Å². The van der Waals surface area contributed by atoms with Gasteiger partial charge in [-0.15, -0.1) is 0 Å². The van der Waals surface area contributed by atoms with Crippen LogP contribution < -0.4 is 0 Å². The molecule has 3 rings (SSSR count). The minimum atomic E-state index is -0.0816. The number of benzene rings is 1. The molecule has 1 aromatic heterocycles. The quantitative estimate of drug-likeness (QED) is 0.689. The van der Waals surface area contributed by atoms with Gasteiger partial charge in [-0.25, -0.2) is 4.98 Å². The lowest BCUT2D eigenvalue weighted by atomic mass is 9.89. The average Bonchev–Trinajstić information content (AvgIpc) is 2.97. The van der Waals surface area contributed by atoms with E-state index < -0.39 is 0 Å². The summed E-state index contributed by atoms with van der Waals surface area (Å²) in [6.07, 6.45) is 6.65. The van der Waals surface area contributed by atoms with Crippen molar-refractivity contribution >= 4 is 17.0 Å². The highest BCUT2D eigenvalue weighted by Crippen LogP contribution is 2.27. The Morgan fingerprint density at radius 3 is 2.92 bits per heavy atom. The second kappa shape index (κ2) is 8.03. The Balaban J connectivity index is 1.67. The average molecular weight is 342 g/mol. The molecule has 1 saturated carbocycles. The molecule has 1 aromatic carbocycles. The third kappa shape index (κ3) is 4.23. The summed E-state index contributed by atoms with van der Waals surface area (Å²) in [5.74, 6) is 1.58. The molecule has 0 bridgehead atoms.